The van der Waals surface area contributed by atoms with Crippen LogP contribution in [0.3, 0.4) is 0 Å². The lowest BCUT2D eigenvalue weighted by atomic mass is 10.0. The fraction of sp³-hybridized carbons (Fsp3) is 0.278. The van der Waals surface area contributed by atoms with Crippen molar-refractivity contribution >= 4 is 21.6 Å². The molecule has 0 aliphatic rings. The van der Waals surface area contributed by atoms with Crippen molar-refractivity contribution in [2.75, 3.05) is 17.0 Å². The van der Waals surface area contributed by atoms with E-state index in [4.69, 9.17) is 0 Å². The number of hydrogen-bond acceptors (Lipinski definition) is 3. The average molecular weight is 346 g/mol. The molecular weight excluding hydrogens is 324 g/mol. The highest BCUT2D eigenvalue weighted by molar-refractivity contribution is 7.92. The van der Waals surface area contributed by atoms with Crippen molar-refractivity contribution < 1.29 is 13.2 Å². The largest absolute Gasteiger partial charge is 0.351 e. The molecule has 0 unspecified atom stereocenters. The smallest absolute Gasteiger partial charge is 0.251 e. The molecule has 0 aliphatic carbocycles. The molecule has 0 spiro atoms. The molecule has 24 heavy (non-hydrogen) atoms. The van der Waals surface area contributed by atoms with Gasteiger partial charge in [0.05, 0.1) is 5.75 Å². The Balaban J connectivity index is 1.85. The van der Waals surface area contributed by atoms with E-state index in [1.165, 1.54) is 0 Å². The van der Waals surface area contributed by atoms with Gasteiger partial charge in [0.1, 0.15) is 0 Å². The van der Waals surface area contributed by atoms with E-state index in [0.717, 1.165) is 5.56 Å². The number of nitrogens with one attached hydrogen (secondary N) is 2. The minimum Gasteiger partial charge on any atom is -0.351 e. The molecule has 2 aromatic rings. The van der Waals surface area contributed by atoms with E-state index in [2.05, 4.69) is 23.9 Å². The summed E-state index contributed by atoms with van der Waals surface area (Å²) >= 11 is 0. The highest BCUT2D eigenvalue weighted by Gasteiger charge is 2.12. The van der Waals surface area contributed by atoms with Crippen molar-refractivity contribution in [1.82, 2.24) is 5.32 Å². The lowest BCUT2D eigenvalue weighted by Crippen LogP contribution is -2.31. The van der Waals surface area contributed by atoms with Crippen molar-refractivity contribution in [2.45, 2.75) is 19.8 Å². The molecule has 1 amide bonds. The molecule has 0 fully saturated rings. The third kappa shape index (κ3) is 5.38. The number of rotatable bonds is 7. The molecule has 5 nitrogen and oxygen atoms in total. The molecular formula is C18H22N2O3S. The van der Waals surface area contributed by atoms with E-state index in [0.29, 0.717) is 17.2 Å². The molecule has 0 saturated carbocycles. The Hall–Kier alpha value is -2.34. The molecule has 0 aromatic heterocycles. The monoisotopic (exact) mass is 346 g/mol. The molecule has 0 aliphatic heterocycles. The summed E-state index contributed by atoms with van der Waals surface area (Å²) in [5, 5.41) is 2.63. The van der Waals surface area contributed by atoms with Gasteiger partial charge in [-0.05, 0) is 35.7 Å². The summed E-state index contributed by atoms with van der Waals surface area (Å²) in [7, 11) is -3.50. The molecule has 128 valence electrons. The third-order valence-corrected chi connectivity index (χ3v) is 4.83. The van der Waals surface area contributed by atoms with Crippen LogP contribution < -0.4 is 10.0 Å². The highest BCUT2D eigenvalue weighted by atomic mass is 32.2. The first-order valence-corrected chi connectivity index (χ1v) is 9.46. The maximum Gasteiger partial charge on any atom is 0.251 e. The summed E-state index contributed by atoms with van der Waals surface area (Å²) in [5.41, 5.74) is 2.18. The lowest BCUT2D eigenvalue weighted by Gasteiger charge is -2.10. The van der Waals surface area contributed by atoms with E-state index in [9.17, 15) is 13.2 Å². The fourth-order valence-corrected chi connectivity index (χ4v) is 3.13. The molecule has 2 aromatic carbocycles. The summed E-state index contributed by atoms with van der Waals surface area (Å²) in [6.07, 6.45) is 0. The van der Waals surface area contributed by atoms with Crippen molar-refractivity contribution in [2.24, 2.45) is 0 Å². The quantitative estimate of drug-likeness (QED) is 0.809. The van der Waals surface area contributed by atoms with Crippen LogP contribution in [0.1, 0.15) is 35.7 Å². The van der Waals surface area contributed by atoms with Crippen molar-refractivity contribution in [3.05, 3.63) is 65.7 Å². The predicted molar refractivity (Wildman–Crippen MR) is 96.7 cm³/mol. The highest BCUT2D eigenvalue weighted by Crippen LogP contribution is 2.14. The van der Waals surface area contributed by atoms with Crippen LogP contribution in [0.15, 0.2) is 54.6 Å². The van der Waals surface area contributed by atoms with Gasteiger partial charge in [-0.3, -0.25) is 9.52 Å². The minimum atomic E-state index is -3.50. The maximum atomic E-state index is 12.0. The second-order valence-electron chi connectivity index (χ2n) is 5.82. The molecule has 0 bridgehead atoms. The number of para-hydroxylation sites is 1. The van der Waals surface area contributed by atoms with E-state index in [1.54, 1.807) is 36.4 Å². The summed E-state index contributed by atoms with van der Waals surface area (Å²) in [5.74, 6) is -0.0610. The topological polar surface area (TPSA) is 75.3 Å². The van der Waals surface area contributed by atoms with Gasteiger partial charge < -0.3 is 5.32 Å². The Bertz CT molecular complexity index is 770. The van der Waals surface area contributed by atoms with E-state index < -0.39 is 10.0 Å². The number of sulfonamides is 1. The SMILES string of the molecule is CC(C)c1ccc(C(=O)NCCS(=O)(=O)Nc2ccccc2)cc1. The van der Waals surface area contributed by atoms with Crippen LogP contribution in [0.2, 0.25) is 0 Å². The summed E-state index contributed by atoms with van der Waals surface area (Å²) in [6, 6.07) is 16.0. The standard InChI is InChI=1S/C18H22N2O3S/c1-14(2)15-8-10-16(11-9-15)18(21)19-12-13-24(22,23)20-17-6-4-3-5-7-17/h3-11,14,20H,12-13H2,1-2H3,(H,19,21). The maximum absolute atomic E-state index is 12.0. The first-order valence-electron chi connectivity index (χ1n) is 7.81. The zero-order valence-corrected chi connectivity index (χ0v) is 14.6. The molecule has 0 radical (unpaired) electrons. The van der Waals surface area contributed by atoms with Crippen LogP contribution in [0.25, 0.3) is 0 Å². The first-order chi connectivity index (χ1) is 11.4. The van der Waals surface area contributed by atoms with Gasteiger partial charge in [-0.25, -0.2) is 8.42 Å². The number of benzene rings is 2. The molecule has 6 heteroatoms. The lowest BCUT2D eigenvalue weighted by molar-refractivity contribution is 0.0956. The van der Waals surface area contributed by atoms with Gasteiger partial charge in [-0.15, -0.1) is 0 Å². The fourth-order valence-electron chi connectivity index (χ4n) is 2.16. The van der Waals surface area contributed by atoms with E-state index >= 15 is 0 Å². The summed E-state index contributed by atoms with van der Waals surface area (Å²) < 4.78 is 26.4. The van der Waals surface area contributed by atoms with Gasteiger partial charge in [0, 0.05) is 17.8 Å². The van der Waals surface area contributed by atoms with Crippen LogP contribution in [-0.2, 0) is 10.0 Å². The predicted octanol–water partition coefficient (Wildman–Crippen LogP) is 2.98. The molecule has 0 saturated heterocycles. The normalized spacial score (nSPS) is 11.3. The van der Waals surface area contributed by atoms with Gasteiger partial charge in [-0.2, -0.15) is 0 Å². The van der Waals surface area contributed by atoms with Crippen LogP contribution in [0, 0.1) is 0 Å². The number of anilines is 1. The second kappa shape index (κ2) is 7.97. The zero-order valence-electron chi connectivity index (χ0n) is 13.8. The molecule has 2 N–H and O–H groups in total. The van der Waals surface area contributed by atoms with Gasteiger partial charge in [0.15, 0.2) is 0 Å². The Morgan fingerprint density at radius 2 is 1.62 bits per heavy atom. The average Bonchev–Trinajstić information content (AvgIpc) is 2.55. The Kier molecular flexibility index (Phi) is 5.98. The Morgan fingerprint density at radius 3 is 2.21 bits per heavy atom. The first kappa shape index (κ1) is 18.0. The summed E-state index contributed by atoms with van der Waals surface area (Å²) in [6.45, 7) is 4.21. The van der Waals surface area contributed by atoms with Crippen LogP contribution in [0.4, 0.5) is 5.69 Å². The van der Waals surface area contributed by atoms with E-state index in [1.807, 2.05) is 18.2 Å². The van der Waals surface area contributed by atoms with Crippen LogP contribution >= 0.6 is 0 Å². The molecule has 0 heterocycles. The van der Waals surface area contributed by atoms with Crippen molar-refractivity contribution in [1.29, 1.82) is 0 Å². The zero-order chi connectivity index (χ0) is 17.6. The van der Waals surface area contributed by atoms with Gasteiger partial charge >= 0.3 is 0 Å². The Labute approximate surface area is 143 Å². The van der Waals surface area contributed by atoms with E-state index in [-0.39, 0.29) is 18.2 Å². The Morgan fingerprint density at radius 1 is 1.00 bits per heavy atom. The minimum absolute atomic E-state index is 0.0485. The summed E-state index contributed by atoms with van der Waals surface area (Å²) in [4.78, 5) is 12.0. The third-order valence-electron chi connectivity index (χ3n) is 3.54. The van der Waals surface area contributed by atoms with Crippen molar-refractivity contribution in [3.8, 4) is 0 Å². The number of carbonyl (C=O) groups excluding carboxylic acids is 1. The molecule has 0 atom stereocenters. The number of hydrogen-bond donors (Lipinski definition) is 2. The van der Waals surface area contributed by atoms with Gasteiger partial charge in [0.2, 0.25) is 10.0 Å². The molecule has 2 rings (SSSR count). The van der Waals surface area contributed by atoms with Crippen molar-refractivity contribution in [3.63, 3.8) is 0 Å². The van der Waals surface area contributed by atoms with Gasteiger partial charge in [0.25, 0.3) is 5.91 Å². The number of carbonyl (C=O) groups is 1. The van der Waals surface area contributed by atoms with Crippen LogP contribution in [0.5, 0.6) is 0 Å². The van der Waals surface area contributed by atoms with Crippen LogP contribution in [-0.4, -0.2) is 26.6 Å². The second-order valence-corrected chi connectivity index (χ2v) is 7.66. The number of amides is 1. The van der Waals surface area contributed by atoms with Gasteiger partial charge in [-0.1, -0.05) is 44.2 Å².